The standard InChI is InChI=1S/C20H23ClN2O5S/c1-5-28-20(25)15-7-6-8-16(11-15)22-19(24)14(3)23(29(4,26)27)17-10-9-13(2)18(21)12-17/h6-12,14H,5H2,1-4H3,(H,22,24)/t14-/m0/s1. The number of sulfonamides is 1. The van der Waals surface area contributed by atoms with Crippen LogP contribution in [0.15, 0.2) is 42.5 Å². The van der Waals surface area contributed by atoms with E-state index in [4.69, 9.17) is 16.3 Å². The number of ether oxygens (including phenoxy) is 1. The van der Waals surface area contributed by atoms with E-state index in [0.29, 0.717) is 10.7 Å². The third-order valence-electron chi connectivity index (χ3n) is 4.14. The van der Waals surface area contributed by atoms with Gasteiger partial charge >= 0.3 is 5.97 Å². The van der Waals surface area contributed by atoms with Crippen molar-refractivity contribution in [2.24, 2.45) is 0 Å². The number of carbonyl (C=O) groups is 2. The summed E-state index contributed by atoms with van der Waals surface area (Å²) in [5.41, 5.74) is 1.70. The van der Waals surface area contributed by atoms with Gasteiger partial charge in [-0.1, -0.05) is 23.7 Å². The Hall–Kier alpha value is -2.58. The van der Waals surface area contributed by atoms with Gasteiger partial charge in [0, 0.05) is 10.7 Å². The Labute approximate surface area is 175 Å². The fraction of sp³-hybridized carbons (Fsp3) is 0.300. The molecule has 0 heterocycles. The maximum absolute atomic E-state index is 12.8. The van der Waals surface area contributed by atoms with Crippen molar-refractivity contribution >= 4 is 44.9 Å². The molecule has 0 aliphatic carbocycles. The Morgan fingerprint density at radius 1 is 1.21 bits per heavy atom. The molecule has 0 spiro atoms. The van der Waals surface area contributed by atoms with Gasteiger partial charge in [-0.05, 0) is 56.7 Å². The summed E-state index contributed by atoms with van der Waals surface area (Å²) in [5.74, 6) is -1.07. The van der Waals surface area contributed by atoms with Crippen LogP contribution in [0, 0.1) is 6.92 Å². The Morgan fingerprint density at radius 2 is 1.90 bits per heavy atom. The molecule has 1 N–H and O–H groups in total. The summed E-state index contributed by atoms with van der Waals surface area (Å²) in [5, 5.41) is 3.04. The summed E-state index contributed by atoms with van der Waals surface area (Å²) in [4.78, 5) is 24.6. The first-order chi connectivity index (χ1) is 13.5. The molecule has 7 nitrogen and oxygen atoms in total. The van der Waals surface area contributed by atoms with Gasteiger partial charge in [0.25, 0.3) is 0 Å². The third kappa shape index (κ3) is 5.71. The largest absolute Gasteiger partial charge is 0.462 e. The van der Waals surface area contributed by atoms with Crippen LogP contribution in [0.5, 0.6) is 0 Å². The number of carbonyl (C=O) groups excluding carboxylic acids is 2. The zero-order chi connectivity index (χ0) is 21.8. The summed E-state index contributed by atoms with van der Waals surface area (Å²) >= 11 is 6.13. The van der Waals surface area contributed by atoms with Gasteiger partial charge in [0.1, 0.15) is 6.04 Å². The summed E-state index contributed by atoms with van der Waals surface area (Å²) in [7, 11) is -3.77. The first-order valence-corrected chi connectivity index (χ1v) is 11.1. The van der Waals surface area contributed by atoms with Gasteiger partial charge in [0.2, 0.25) is 15.9 Å². The predicted octanol–water partition coefficient (Wildman–Crippen LogP) is 3.62. The second kappa shape index (κ2) is 9.28. The van der Waals surface area contributed by atoms with Crippen LogP contribution in [-0.2, 0) is 19.6 Å². The molecule has 0 saturated heterocycles. The number of halogens is 1. The minimum Gasteiger partial charge on any atom is -0.462 e. The number of nitrogens with one attached hydrogen (secondary N) is 1. The predicted molar refractivity (Wildman–Crippen MR) is 114 cm³/mol. The second-order valence-electron chi connectivity index (χ2n) is 6.46. The molecule has 156 valence electrons. The zero-order valence-corrected chi connectivity index (χ0v) is 18.2. The van der Waals surface area contributed by atoms with Crippen LogP contribution in [0.2, 0.25) is 5.02 Å². The van der Waals surface area contributed by atoms with Crippen molar-refractivity contribution in [3.05, 3.63) is 58.6 Å². The molecule has 2 aromatic carbocycles. The highest BCUT2D eigenvalue weighted by Gasteiger charge is 2.29. The van der Waals surface area contributed by atoms with E-state index in [0.717, 1.165) is 16.1 Å². The van der Waals surface area contributed by atoms with E-state index < -0.39 is 27.9 Å². The molecule has 0 aliphatic heterocycles. The lowest BCUT2D eigenvalue weighted by molar-refractivity contribution is -0.116. The van der Waals surface area contributed by atoms with Crippen LogP contribution in [0.4, 0.5) is 11.4 Å². The van der Waals surface area contributed by atoms with E-state index in [1.165, 1.54) is 19.1 Å². The summed E-state index contributed by atoms with van der Waals surface area (Å²) in [6.07, 6.45) is 1.02. The van der Waals surface area contributed by atoms with Crippen LogP contribution in [-0.4, -0.2) is 39.2 Å². The molecule has 1 atom stereocenters. The molecule has 29 heavy (non-hydrogen) atoms. The average Bonchev–Trinajstić information content (AvgIpc) is 2.64. The first-order valence-electron chi connectivity index (χ1n) is 8.88. The fourth-order valence-corrected chi connectivity index (χ4v) is 4.05. The quantitative estimate of drug-likeness (QED) is 0.666. The number of hydrogen-bond donors (Lipinski definition) is 1. The molecular formula is C20H23ClN2O5S. The number of rotatable bonds is 7. The summed E-state index contributed by atoms with van der Waals surface area (Å²) in [6, 6.07) is 9.95. The minimum atomic E-state index is -3.77. The molecular weight excluding hydrogens is 416 g/mol. The third-order valence-corrected chi connectivity index (χ3v) is 5.79. The van der Waals surface area contributed by atoms with Gasteiger partial charge in [-0.2, -0.15) is 0 Å². The van der Waals surface area contributed by atoms with Crippen LogP contribution in [0.25, 0.3) is 0 Å². The van der Waals surface area contributed by atoms with Crippen molar-refractivity contribution in [1.29, 1.82) is 0 Å². The van der Waals surface area contributed by atoms with E-state index >= 15 is 0 Å². The lowest BCUT2D eigenvalue weighted by Crippen LogP contribution is -2.45. The number of hydrogen-bond acceptors (Lipinski definition) is 5. The highest BCUT2D eigenvalue weighted by atomic mass is 35.5. The highest BCUT2D eigenvalue weighted by molar-refractivity contribution is 7.92. The fourth-order valence-electron chi connectivity index (χ4n) is 2.71. The van der Waals surface area contributed by atoms with E-state index in [1.54, 1.807) is 44.2 Å². The number of nitrogens with zero attached hydrogens (tertiary/aromatic N) is 1. The van der Waals surface area contributed by atoms with Crippen molar-refractivity contribution in [3.63, 3.8) is 0 Å². The summed E-state index contributed by atoms with van der Waals surface area (Å²) in [6.45, 7) is 5.19. The normalized spacial score (nSPS) is 12.2. The molecule has 9 heteroatoms. The van der Waals surface area contributed by atoms with Gasteiger partial charge < -0.3 is 10.1 Å². The number of anilines is 2. The topological polar surface area (TPSA) is 92.8 Å². The van der Waals surface area contributed by atoms with Gasteiger partial charge in [-0.3, -0.25) is 9.10 Å². The van der Waals surface area contributed by atoms with E-state index in [9.17, 15) is 18.0 Å². The lowest BCUT2D eigenvalue weighted by atomic mass is 10.2. The van der Waals surface area contributed by atoms with Crippen LogP contribution in [0.3, 0.4) is 0 Å². The zero-order valence-electron chi connectivity index (χ0n) is 16.6. The highest BCUT2D eigenvalue weighted by Crippen LogP contribution is 2.27. The van der Waals surface area contributed by atoms with Gasteiger partial charge in [-0.15, -0.1) is 0 Å². The van der Waals surface area contributed by atoms with Crippen molar-refractivity contribution < 1.29 is 22.7 Å². The number of amides is 1. The van der Waals surface area contributed by atoms with E-state index in [2.05, 4.69) is 5.32 Å². The molecule has 0 aromatic heterocycles. The van der Waals surface area contributed by atoms with Crippen molar-refractivity contribution in [2.45, 2.75) is 26.8 Å². The minimum absolute atomic E-state index is 0.231. The van der Waals surface area contributed by atoms with E-state index in [1.807, 2.05) is 0 Å². The van der Waals surface area contributed by atoms with Gasteiger partial charge in [0.05, 0.1) is 24.1 Å². The van der Waals surface area contributed by atoms with Crippen molar-refractivity contribution in [2.75, 3.05) is 22.5 Å². The van der Waals surface area contributed by atoms with Gasteiger partial charge in [-0.25, -0.2) is 13.2 Å². The molecule has 1 amide bonds. The molecule has 0 fully saturated rings. The maximum atomic E-state index is 12.8. The molecule has 2 rings (SSSR count). The molecule has 2 aromatic rings. The first kappa shape index (κ1) is 22.7. The van der Waals surface area contributed by atoms with Crippen molar-refractivity contribution in [3.8, 4) is 0 Å². The monoisotopic (exact) mass is 438 g/mol. The van der Waals surface area contributed by atoms with Crippen LogP contribution in [0.1, 0.15) is 29.8 Å². The molecule has 0 bridgehead atoms. The molecule has 0 unspecified atom stereocenters. The smallest absolute Gasteiger partial charge is 0.338 e. The van der Waals surface area contributed by atoms with Crippen LogP contribution >= 0.6 is 11.6 Å². The molecule has 0 aliphatic rings. The number of esters is 1. The van der Waals surface area contributed by atoms with E-state index in [-0.39, 0.29) is 17.9 Å². The average molecular weight is 439 g/mol. The lowest BCUT2D eigenvalue weighted by Gasteiger charge is -2.28. The summed E-state index contributed by atoms with van der Waals surface area (Å²) < 4.78 is 30.7. The number of aryl methyl sites for hydroxylation is 1. The maximum Gasteiger partial charge on any atom is 0.338 e. The Balaban J connectivity index is 2.29. The van der Waals surface area contributed by atoms with Crippen LogP contribution < -0.4 is 9.62 Å². The second-order valence-corrected chi connectivity index (χ2v) is 8.73. The Morgan fingerprint density at radius 3 is 2.48 bits per heavy atom. The Bertz CT molecular complexity index is 1020. The Kier molecular flexibility index (Phi) is 7.26. The molecule has 0 saturated carbocycles. The van der Waals surface area contributed by atoms with Crippen molar-refractivity contribution in [1.82, 2.24) is 0 Å². The number of benzene rings is 2. The molecule has 0 radical (unpaired) electrons. The van der Waals surface area contributed by atoms with Gasteiger partial charge in [0.15, 0.2) is 0 Å². The SMILES string of the molecule is CCOC(=O)c1cccc(NC(=O)[C@H](C)N(c2ccc(C)c(Cl)c2)S(C)(=O)=O)c1.